The van der Waals surface area contributed by atoms with Crippen LogP contribution in [0, 0.1) is 0 Å². The summed E-state index contributed by atoms with van der Waals surface area (Å²) in [5.74, 6) is 0.532. The normalized spacial score (nSPS) is 16.6. The molecule has 5 aromatic rings. The Bertz CT molecular complexity index is 2070. The number of aromatic nitrogens is 2. The Morgan fingerprint density at radius 2 is 1.49 bits per heavy atom. The number of Topliss-reactive ketones (excluding diaryl/α,β-unsaturated/α-hetero) is 1. The van der Waals surface area contributed by atoms with Crippen molar-refractivity contribution in [2.24, 2.45) is 0 Å². The van der Waals surface area contributed by atoms with Gasteiger partial charge in [-0.25, -0.2) is 13.4 Å². The third kappa shape index (κ3) is 6.72. The molecule has 0 bridgehead atoms. The van der Waals surface area contributed by atoms with Gasteiger partial charge in [0.2, 0.25) is 10.0 Å². The molecule has 7 rings (SSSR count). The standard InChI is InChI=1S/C37H32Cl3N3O3S/c38-29-14-16-32(33(39)19-29)35-22-42(30-15-17-36(34(40)20-30)43-21-31(44)23-47(43,45)46)37(41-35)18-24-6-8-26(9-7-24)28-12-10-27(11-13-28)25-4-2-1-3-5-25/h6-17,19-20,22,25H,1-5,18,21,23H2. The van der Waals surface area contributed by atoms with E-state index in [9.17, 15) is 13.2 Å². The Kier molecular flexibility index (Phi) is 8.92. The Hall–Kier alpha value is -3.62. The van der Waals surface area contributed by atoms with Crippen molar-refractivity contribution in [3.8, 4) is 28.1 Å². The lowest BCUT2D eigenvalue weighted by Gasteiger charge is -2.22. The topological polar surface area (TPSA) is 72.3 Å². The molecular weight excluding hydrogens is 673 g/mol. The van der Waals surface area contributed by atoms with Crippen LogP contribution in [-0.4, -0.2) is 36.0 Å². The molecular formula is C37H32Cl3N3O3S. The summed E-state index contributed by atoms with van der Waals surface area (Å²) in [6.07, 6.45) is 8.97. The van der Waals surface area contributed by atoms with Crippen LogP contribution in [0.25, 0.3) is 28.1 Å². The number of anilines is 1. The van der Waals surface area contributed by atoms with Crippen LogP contribution in [0.2, 0.25) is 15.1 Å². The number of carbonyl (C=O) groups excluding carboxylic acids is 1. The van der Waals surface area contributed by atoms with Gasteiger partial charge in [0.05, 0.1) is 28.0 Å². The smallest absolute Gasteiger partial charge is 0.242 e. The summed E-state index contributed by atoms with van der Waals surface area (Å²) >= 11 is 19.4. The number of nitrogens with zero attached hydrogens (tertiary/aromatic N) is 3. The first-order valence-electron chi connectivity index (χ1n) is 15.7. The molecule has 2 fully saturated rings. The summed E-state index contributed by atoms with van der Waals surface area (Å²) < 4.78 is 28.1. The fourth-order valence-electron chi connectivity index (χ4n) is 6.64. The highest BCUT2D eigenvalue weighted by molar-refractivity contribution is 7.94. The summed E-state index contributed by atoms with van der Waals surface area (Å²) in [6, 6.07) is 27.9. The van der Waals surface area contributed by atoms with Gasteiger partial charge in [-0.15, -0.1) is 0 Å². The second-order valence-electron chi connectivity index (χ2n) is 12.3. The van der Waals surface area contributed by atoms with Crippen LogP contribution < -0.4 is 4.31 Å². The summed E-state index contributed by atoms with van der Waals surface area (Å²) in [5.41, 5.74) is 7.19. The fourth-order valence-corrected chi connectivity index (χ4v) is 8.93. The van der Waals surface area contributed by atoms with Gasteiger partial charge >= 0.3 is 0 Å². The average Bonchev–Trinajstić information content (AvgIpc) is 3.60. The zero-order chi connectivity index (χ0) is 32.7. The summed E-state index contributed by atoms with van der Waals surface area (Å²) in [6.45, 7) is -0.225. The second kappa shape index (κ2) is 13.1. The highest BCUT2D eigenvalue weighted by Crippen LogP contribution is 2.36. The fraction of sp³-hybridized carbons (Fsp3) is 0.243. The molecule has 1 aliphatic heterocycles. The van der Waals surface area contributed by atoms with Crippen molar-refractivity contribution in [3.63, 3.8) is 0 Å². The molecule has 2 aliphatic rings. The lowest BCUT2D eigenvalue weighted by molar-refractivity contribution is -0.114. The van der Waals surface area contributed by atoms with Crippen molar-refractivity contribution in [3.05, 3.63) is 123 Å². The van der Waals surface area contributed by atoms with Gasteiger partial charge in [-0.1, -0.05) is 103 Å². The van der Waals surface area contributed by atoms with Crippen LogP contribution in [0.4, 0.5) is 5.69 Å². The molecule has 1 saturated heterocycles. The van der Waals surface area contributed by atoms with Gasteiger partial charge < -0.3 is 4.57 Å². The van der Waals surface area contributed by atoms with Crippen LogP contribution in [0.3, 0.4) is 0 Å². The van der Waals surface area contributed by atoms with Gasteiger partial charge in [-0.3, -0.25) is 9.10 Å². The van der Waals surface area contributed by atoms with E-state index in [1.54, 1.807) is 30.3 Å². The molecule has 1 saturated carbocycles. The molecule has 0 unspecified atom stereocenters. The van der Waals surface area contributed by atoms with E-state index in [0.29, 0.717) is 33.8 Å². The molecule has 240 valence electrons. The second-order valence-corrected chi connectivity index (χ2v) is 15.4. The minimum absolute atomic E-state index is 0.213. The van der Waals surface area contributed by atoms with Gasteiger partial charge in [0.1, 0.15) is 11.6 Å². The molecule has 0 atom stereocenters. The van der Waals surface area contributed by atoms with Crippen LogP contribution in [-0.2, 0) is 21.2 Å². The van der Waals surface area contributed by atoms with Crippen LogP contribution in [0.5, 0.6) is 0 Å². The minimum Gasteiger partial charge on any atom is -0.303 e. The number of carbonyl (C=O) groups is 1. The molecule has 0 N–H and O–H groups in total. The van der Waals surface area contributed by atoms with E-state index in [-0.39, 0.29) is 23.0 Å². The van der Waals surface area contributed by atoms with Gasteiger partial charge in [-0.05, 0) is 77.4 Å². The van der Waals surface area contributed by atoms with Crippen molar-refractivity contribution in [1.82, 2.24) is 9.55 Å². The number of hydrogen-bond donors (Lipinski definition) is 0. The third-order valence-electron chi connectivity index (χ3n) is 9.10. The molecule has 4 aromatic carbocycles. The molecule has 47 heavy (non-hydrogen) atoms. The van der Waals surface area contributed by atoms with Crippen LogP contribution in [0.1, 0.15) is 55.0 Å². The molecule has 0 amide bonds. The van der Waals surface area contributed by atoms with Gasteiger partial charge in [0.25, 0.3) is 0 Å². The molecule has 0 spiro atoms. The first-order valence-corrected chi connectivity index (χ1v) is 18.4. The third-order valence-corrected chi connectivity index (χ3v) is 11.6. The highest BCUT2D eigenvalue weighted by atomic mass is 35.5. The highest BCUT2D eigenvalue weighted by Gasteiger charge is 2.36. The van der Waals surface area contributed by atoms with Crippen molar-refractivity contribution in [1.29, 1.82) is 0 Å². The zero-order valence-electron chi connectivity index (χ0n) is 25.5. The Morgan fingerprint density at radius 1 is 0.787 bits per heavy atom. The van der Waals surface area contributed by atoms with E-state index in [1.165, 1.54) is 43.2 Å². The number of hydrogen-bond acceptors (Lipinski definition) is 4. The number of halogens is 3. The molecule has 2 heterocycles. The molecule has 0 radical (unpaired) electrons. The maximum absolute atomic E-state index is 12.6. The number of sulfonamides is 1. The number of benzene rings is 4. The van der Waals surface area contributed by atoms with Gasteiger partial charge in [0, 0.05) is 28.9 Å². The van der Waals surface area contributed by atoms with E-state index in [1.807, 2.05) is 16.8 Å². The summed E-state index contributed by atoms with van der Waals surface area (Å²) in [5, 5.41) is 1.22. The van der Waals surface area contributed by atoms with Gasteiger partial charge in [0.15, 0.2) is 5.78 Å². The molecule has 1 aromatic heterocycles. The van der Waals surface area contributed by atoms with Crippen LogP contribution >= 0.6 is 34.8 Å². The molecule has 1 aliphatic carbocycles. The Balaban J connectivity index is 1.19. The lowest BCUT2D eigenvalue weighted by Crippen LogP contribution is -2.25. The molecule has 6 nitrogen and oxygen atoms in total. The monoisotopic (exact) mass is 703 g/mol. The number of ketones is 1. The zero-order valence-corrected chi connectivity index (χ0v) is 28.6. The number of rotatable bonds is 7. The van der Waals surface area contributed by atoms with E-state index < -0.39 is 15.8 Å². The first-order chi connectivity index (χ1) is 22.6. The van der Waals surface area contributed by atoms with E-state index in [2.05, 4.69) is 48.5 Å². The first kappa shape index (κ1) is 32.0. The lowest BCUT2D eigenvalue weighted by atomic mass is 9.83. The van der Waals surface area contributed by atoms with Crippen LogP contribution in [0.15, 0.2) is 91.1 Å². The van der Waals surface area contributed by atoms with Gasteiger partial charge in [-0.2, -0.15) is 0 Å². The predicted octanol–water partition coefficient (Wildman–Crippen LogP) is 9.52. The minimum atomic E-state index is -3.75. The van der Waals surface area contributed by atoms with Crippen molar-refractivity contribution in [2.75, 3.05) is 16.6 Å². The van der Waals surface area contributed by atoms with E-state index in [4.69, 9.17) is 39.8 Å². The summed E-state index contributed by atoms with van der Waals surface area (Å²) in [4.78, 5) is 16.9. The quantitative estimate of drug-likeness (QED) is 0.169. The predicted molar refractivity (Wildman–Crippen MR) is 191 cm³/mol. The average molecular weight is 705 g/mol. The number of imidazole rings is 1. The summed E-state index contributed by atoms with van der Waals surface area (Å²) in [7, 11) is -3.75. The van der Waals surface area contributed by atoms with Crippen molar-refractivity contribution < 1.29 is 13.2 Å². The maximum atomic E-state index is 12.6. The van der Waals surface area contributed by atoms with Crippen molar-refractivity contribution >= 4 is 56.3 Å². The largest absolute Gasteiger partial charge is 0.303 e. The Labute approximate surface area is 290 Å². The SMILES string of the molecule is O=C1CN(c2ccc(-n3cc(-c4ccc(Cl)cc4Cl)nc3Cc3ccc(-c4ccc(C5CCCCC5)cc4)cc3)cc2Cl)S(=O)(=O)C1. The maximum Gasteiger partial charge on any atom is 0.242 e. The Morgan fingerprint density at radius 3 is 2.13 bits per heavy atom. The molecule has 10 heteroatoms. The van der Waals surface area contributed by atoms with Crippen molar-refractivity contribution in [2.45, 2.75) is 44.4 Å². The van der Waals surface area contributed by atoms with E-state index in [0.717, 1.165) is 26.8 Å². The van der Waals surface area contributed by atoms with E-state index >= 15 is 0 Å².